The van der Waals surface area contributed by atoms with Gasteiger partial charge in [0.1, 0.15) is 12.1 Å². The minimum absolute atomic E-state index is 0.0383. The first-order chi connectivity index (χ1) is 14.5. The van der Waals surface area contributed by atoms with Gasteiger partial charge in [0, 0.05) is 17.8 Å². The van der Waals surface area contributed by atoms with Gasteiger partial charge < -0.3 is 23.9 Å². The lowest BCUT2D eigenvalue weighted by Gasteiger charge is -2.12. The van der Waals surface area contributed by atoms with Crippen LogP contribution in [0, 0.1) is 0 Å². The Balaban J connectivity index is 1.87. The maximum Gasteiger partial charge on any atom is 0.263 e. The molecule has 9 heteroatoms. The van der Waals surface area contributed by atoms with Crippen molar-refractivity contribution < 1.29 is 18.8 Å². The number of pyridine rings is 1. The van der Waals surface area contributed by atoms with E-state index in [1.165, 1.54) is 11.7 Å². The summed E-state index contributed by atoms with van der Waals surface area (Å²) in [6, 6.07) is 8.49. The minimum atomic E-state index is -0.390. The predicted molar refractivity (Wildman–Crippen MR) is 110 cm³/mol. The van der Waals surface area contributed by atoms with Crippen molar-refractivity contribution >= 4 is 5.91 Å². The lowest BCUT2D eigenvalue weighted by atomic mass is 10.2. The summed E-state index contributed by atoms with van der Waals surface area (Å²) in [4.78, 5) is 29.3. The third-order valence-electron chi connectivity index (χ3n) is 4.65. The molecule has 0 saturated heterocycles. The van der Waals surface area contributed by atoms with E-state index in [-0.39, 0.29) is 35.5 Å². The molecule has 1 atom stereocenters. The fourth-order valence-corrected chi connectivity index (χ4v) is 2.83. The fraction of sp³-hybridized carbons (Fsp3) is 0.333. The van der Waals surface area contributed by atoms with Crippen LogP contribution in [0.1, 0.15) is 20.3 Å². The van der Waals surface area contributed by atoms with Gasteiger partial charge >= 0.3 is 0 Å². The van der Waals surface area contributed by atoms with Crippen LogP contribution in [-0.4, -0.2) is 40.9 Å². The third kappa shape index (κ3) is 4.51. The van der Waals surface area contributed by atoms with Crippen LogP contribution in [0.3, 0.4) is 0 Å². The third-order valence-corrected chi connectivity index (χ3v) is 4.65. The van der Waals surface area contributed by atoms with Gasteiger partial charge in [0.05, 0.1) is 14.2 Å². The number of rotatable bonds is 8. The summed E-state index contributed by atoms with van der Waals surface area (Å²) in [6.45, 7) is 3.79. The molecule has 0 fully saturated rings. The average Bonchev–Trinajstić information content (AvgIpc) is 3.24. The molecule has 2 heterocycles. The molecular weight excluding hydrogens is 388 g/mol. The van der Waals surface area contributed by atoms with Crippen LogP contribution in [0.15, 0.2) is 45.8 Å². The Morgan fingerprint density at radius 2 is 2.00 bits per heavy atom. The molecule has 0 unspecified atom stereocenters. The summed E-state index contributed by atoms with van der Waals surface area (Å²) in [5.41, 5.74) is 0.471. The second kappa shape index (κ2) is 9.25. The second-order valence-electron chi connectivity index (χ2n) is 6.72. The van der Waals surface area contributed by atoms with Gasteiger partial charge in [0.2, 0.25) is 11.7 Å². The first-order valence-electron chi connectivity index (χ1n) is 9.52. The SMILES string of the molecule is CC[C@H](C)NC(=O)Cn1cccc(-c2nc(-c3ccc(OC)c(OC)c3)no2)c1=O. The summed E-state index contributed by atoms with van der Waals surface area (Å²) in [5, 5.41) is 6.80. The van der Waals surface area contributed by atoms with Crippen LogP contribution < -0.4 is 20.3 Å². The van der Waals surface area contributed by atoms with Gasteiger partial charge in [-0.2, -0.15) is 4.98 Å². The van der Waals surface area contributed by atoms with Gasteiger partial charge in [0.25, 0.3) is 11.4 Å². The van der Waals surface area contributed by atoms with Gasteiger partial charge in [-0.25, -0.2) is 0 Å². The molecule has 3 rings (SSSR count). The van der Waals surface area contributed by atoms with Gasteiger partial charge in [0.15, 0.2) is 11.5 Å². The van der Waals surface area contributed by atoms with E-state index in [1.54, 1.807) is 43.6 Å². The molecule has 3 aromatic rings. The van der Waals surface area contributed by atoms with Crippen molar-refractivity contribution in [3.05, 3.63) is 46.9 Å². The highest BCUT2D eigenvalue weighted by Gasteiger charge is 2.17. The van der Waals surface area contributed by atoms with Crippen molar-refractivity contribution in [1.82, 2.24) is 20.0 Å². The molecule has 30 heavy (non-hydrogen) atoms. The smallest absolute Gasteiger partial charge is 0.263 e. The molecule has 0 aliphatic carbocycles. The number of nitrogens with one attached hydrogen (secondary N) is 1. The highest BCUT2D eigenvalue weighted by molar-refractivity contribution is 5.76. The number of hydrogen-bond donors (Lipinski definition) is 1. The first kappa shape index (κ1) is 21.1. The highest BCUT2D eigenvalue weighted by atomic mass is 16.5. The summed E-state index contributed by atoms with van der Waals surface area (Å²) >= 11 is 0. The molecule has 1 N–H and O–H groups in total. The van der Waals surface area contributed by atoms with E-state index < -0.39 is 0 Å². The van der Waals surface area contributed by atoms with Crippen LogP contribution in [0.4, 0.5) is 0 Å². The zero-order valence-corrected chi connectivity index (χ0v) is 17.3. The molecule has 158 valence electrons. The molecule has 9 nitrogen and oxygen atoms in total. The number of nitrogens with zero attached hydrogens (tertiary/aromatic N) is 3. The Bertz CT molecular complexity index is 1090. The van der Waals surface area contributed by atoms with Gasteiger partial charge in [-0.3, -0.25) is 9.59 Å². The molecule has 1 amide bonds. The van der Waals surface area contributed by atoms with Crippen molar-refractivity contribution in [3.63, 3.8) is 0 Å². The monoisotopic (exact) mass is 412 g/mol. The number of aromatic nitrogens is 3. The topological polar surface area (TPSA) is 108 Å². The van der Waals surface area contributed by atoms with E-state index in [9.17, 15) is 9.59 Å². The number of methoxy groups -OCH3 is 2. The molecule has 0 spiro atoms. The van der Waals surface area contributed by atoms with Gasteiger partial charge in [-0.05, 0) is 43.7 Å². The number of benzene rings is 1. The average molecular weight is 412 g/mol. The quantitative estimate of drug-likeness (QED) is 0.605. The number of hydrogen-bond acceptors (Lipinski definition) is 7. The molecule has 0 aliphatic rings. The fourth-order valence-electron chi connectivity index (χ4n) is 2.83. The molecule has 0 bridgehead atoms. The van der Waals surface area contributed by atoms with Crippen LogP contribution in [0.25, 0.3) is 22.8 Å². The lowest BCUT2D eigenvalue weighted by molar-refractivity contribution is -0.122. The van der Waals surface area contributed by atoms with Crippen molar-refractivity contribution in [2.45, 2.75) is 32.9 Å². The Morgan fingerprint density at radius 1 is 1.23 bits per heavy atom. The van der Waals surface area contributed by atoms with Crippen LogP contribution in [0.5, 0.6) is 11.5 Å². The molecular formula is C21H24N4O5. The minimum Gasteiger partial charge on any atom is -0.493 e. The van der Waals surface area contributed by atoms with Crippen LogP contribution >= 0.6 is 0 Å². The molecule has 2 aromatic heterocycles. The number of ether oxygens (including phenoxy) is 2. The van der Waals surface area contributed by atoms with E-state index in [0.717, 1.165) is 6.42 Å². The zero-order valence-electron chi connectivity index (χ0n) is 17.3. The van der Waals surface area contributed by atoms with Crippen molar-refractivity contribution in [1.29, 1.82) is 0 Å². The Morgan fingerprint density at radius 3 is 2.70 bits per heavy atom. The Hall–Kier alpha value is -3.62. The molecule has 0 aliphatic heterocycles. The highest BCUT2D eigenvalue weighted by Crippen LogP contribution is 2.31. The predicted octanol–water partition coefficient (Wildman–Crippen LogP) is 2.50. The Kier molecular flexibility index (Phi) is 6.51. The number of carbonyl (C=O) groups excluding carboxylic acids is 1. The maximum absolute atomic E-state index is 12.8. The second-order valence-corrected chi connectivity index (χ2v) is 6.72. The summed E-state index contributed by atoms with van der Waals surface area (Å²) in [7, 11) is 3.08. The van der Waals surface area contributed by atoms with E-state index >= 15 is 0 Å². The number of carbonyl (C=O) groups is 1. The van der Waals surface area contributed by atoms with Crippen LogP contribution in [-0.2, 0) is 11.3 Å². The van der Waals surface area contributed by atoms with E-state index in [0.29, 0.717) is 22.9 Å². The van der Waals surface area contributed by atoms with Gasteiger partial charge in [-0.15, -0.1) is 0 Å². The van der Waals surface area contributed by atoms with Crippen molar-refractivity contribution in [2.75, 3.05) is 14.2 Å². The van der Waals surface area contributed by atoms with Crippen molar-refractivity contribution in [3.8, 4) is 34.3 Å². The van der Waals surface area contributed by atoms with Crippen LogP contribution in [0.2, 0.25) is 0 Å². The Labute approximate surface area is 173 Å². The molecule has 0 radical (unpaired) electrons. The standard InChI is InChI=1S/C21H24N4O5/c1-5-13(2)22-18(26)12-25-10-6-7-15(21(25)27)20-23-19(24-30-20)14-8-9-16(28-3)17(11-14)29-4/h6-11,13H,5,12H2,1-4H3,(H,22,26)/t13-/m0/s1. The largest absolute Gasteiger partial charge is 0.493 e. The lowest BCUT2D eigenvalue weighted by Crippen LogP contribution is -2.37. The zero-order chi connectivity index (χ0) is 21.7. The first-order valence-corrected chi connectivity index (χ1v) is 9.52. The summed E-state index contributed by atoms with van der Waals surface area (Å²) < 4.78 is 17.1. The van der Waals surface area contributed by atoms with Gasteiger partial charge in [-0.1, -0.05) is 12.1 Å². The molecule has 1 aromatic carbocycles. The molecule has 0 saturated carbocycles. The van der Waals surface area contributed by atoms with E-state index in [2.05, 4.69) is 15.5 Å². The van der Waals surface area contributed by atoms with Crippen molar-refractivity contribution in [2.24, 2.45) is 0 Å². The summed E-state index contributed by atoms with van der Waals surface area (Å²) in [6.07, 6.45) is 2.36. The maximum atomic E-state index is 12.8. The van der Waals surface area contributed by atoms with E-state index in [4.69, 9.17) is 14.0 Å². The van der Waals surface area contributed by atoms with E-state index in [1.807, 2.05) is 13.8 Å². The summed E-state index contributed by atoms with van der Waals surface area (Å²) in [5.74, 6) is 1.24. The number of amides is 1. The normalized spacial score (nSPS) is 11.7.